The zero-order valence-corrected chi connectivity index (χ0v) is 12.4. The molecule has 2 aromatic carbocycles. The summed E-state index contributed by atoms with van der Waals surface area (Å²) in [6, 6.07) is 14.3. The normalized spacial score (nSPS) is 17.2. The lowest BCUT2D eigenvalue weighted by atomic mass is 9.92. The molecule has 4 heteroatoms. The highest BCUT2D eigenvalue weighted by Crippen LogP contribution is 2.30. The Kier molecular flexibility index (Phi) is 3.24. The van der Waals surface area contributed by atoms with Crippen LogP contribution in [0.2, 0.25) is 0 Å². The largest absolute Gasteiger partial charge is 0.497 e. The molecule has 0 saturated heterocycles. The number of benzene rings is 2. The van der Waals surface area contributed by atoms with Crippen LogP contribution in [0.4, 0.5) is 0 Å². The summed E-state index contributed by atoms with van der Waals surface area (Å²) in [5, 5.41) is 3.55. The molecule has 0 saturated carbocycles. The summed E-state index contributed by atoms with van der Waals surface area (Å²) in [7, 11) is 1.70. The molecule has 1 aromatic heterocycles. The highest BCUT2D eigenvalue weighted by molar-refractivity contribution is 5.73. The molecule has 3 aromatic rings. The Morgan fingerprint density at radius 3 is 2.86 bits per heavy atom. The van der Waals surface area contributed by atoms with Crippen molar-refractivity contribution in [3.63, 3.8) is 0 Å². The minimum absolute atomic E-state index is 0.0896. The number of ether oxygens (including phenoxy) is 1. The number of fused-ring (bicyclic) bond motifs is 2. The van der Waals surface area contributed by atoms with Crippen LogP contribution in [0.3, 0.4) is 0 Å². The van der Waals surface area contributed by atoms with Gasteiger partial charge in [0.15, 0.2) is 0 Å². The Labute approximate surface area is 129 Å². The molecule has 0 spiro atoms. The van der Waals surface area contributed by atoms with E-state index in [0.717, 1.165) is 35.4 Å². The summed E-state index contributed by atoms with van der Waals surface area (Å²) in [6.45, 7) is 0.930. The van der Waals surface area contributed by atoms with Gasteiger partial charge in [0.25, 0.3) is 0 Å². The molecule has 0 fully saturated rings. The van der Waals surface area contributed by atoms with Crippen LogP contribution in [0.15, 0.2) is 48.7 Å². The standard InChI is InChI=1S/C18H17N3O/c1-22-13-6-7-14-12(10-13)8-9-19-18(14)17-11-20-15-4-2-3-5-16(15)21-17/h2-7,10-11,18-19H,8-9H2,1H3. The number of nitrogens with zero attached hydrogens (tertiary/aromatic N) is 2. The summed E-state index contributed by atoms with van der Waals surface area (Å²) in [4.78, 5) is 9.32. The summed E-state index contributed by atoms with van der Waals surface area (Å²) in [6.07, 6.45) is 2.88. The quantitative estimate of drug-likeness (QED) is 0.788. The van der Waals surface area contributed by atoms with Crippen LogP contribution in [-0.4, -0.2) is 23.6 Å². The van der Waals surface area contributed by atoms with Crippen molar-refractivity contribution in [3.8, 4) is 5.75 Å². The highest BCUT2D eigenvalue weighted by atomic mass is 16.5. The van der Waals surface area contributed by atoms with Gasteiger partial charge in [-0.25, -0.2) is 4.98 Å². The summed E-state index contributed by atoms with van der Waals surface area (Å²) in [5.74, 6) is 0.906. The van der Waals surface area contributed by atoms with Gasteiger partial charge < -0.3 is 10.1 Å². The molecule has 2 heterocycles. The van der Waals surface area contributed by atoms with Crippen molar-refractivity contribution >= 4 is 11.0 Å². The van der Waals surface area contributed by atoms with Crippen LogP contribution >= 0.6 is 0 Å². The van der Waals surface area contributed by atoms with Gasteiger partial charge in [-0.2, -0.15) is 0 Å². The fraction of sp³-hybridized carbons (Fsp3) is 0.222. The molecule has 110 valence electrons. The predicted molar refractivity (Wildman–Crippen MR) is 86.1 cm³/mol. The first kappa shape index (κ1) is 13.2. The molecule has 1 N–H and O–H groups in total. The Hall–Kier alpha value is -2.46. The molecule has 4 rings (SSSR count). The molecule has 1 unspecified atom stereocenters. The first-order chi connectivity index (χ1) is 10.8. The lowest BCUT2D eigenvalue weighted by molar-refractivity contribution is 0.413. The SMILES string of the molecule is COc1ccc2c(c1)CCNC2c1cnc2ccccc2n1. The van der Waals surface area contributed by atoms with Gasteiger partial charge in [0.2, 0.25) is 0 Å². The van der Waals surface area contributed by atoms with E-state index >= 15 is 0 Å². The number of para-hydroxylation sites is 2. The smallest absolute Gasteiger partial charge is 0.119 e. The first-order valence-electron chi connectivity index (χ1n) is 7.47. The summed E-state index contributed by atoms with van der Waals surface area (Å²) >= 11 is 0. The van der Waals surface area contributed by atoms with E-state index in [1.54, 1.807) is 7.11 Å². The Morgan fingerprint density at radius 1 is 1.14 bits per heavy atom. The van der Waals surface area contributed by atoms with Gasteiger partial charge in [0.05, 0.1) is 36.1 Å². The molecule has 1 atom stereocenters. The molecule has 1 aliphatic rings. The second-order valence-electron chi connectivity index (χ2n) is 5.49. The number of hydrogen-bond donors (Lipinski definition) is 1. The van der Waals surface area contributed by atoms with Crippen molar-refractivity contribution in [2.24, 2.45) is 0 Å². The van der Waals surface area contributed by atoms with Crippen molar-refractivity contribution in [3.05, 3.63) is 65.5 Å². The third-order valence-corrected chi connectivity index (χ3v) is 4.17. The van der Waals surface area contributed by atoms with Crippen molar-refractivity contribution in [1.82, 2.24) is 15.3 Å². The Balaban J connectivity index is 1.79. The van der Waals surface area contributed by atoms with Gasteiger partial charge in [-0.3, -0.25) is 4.98 Å². The third-order valence-electron chi connectivity index (χ3n) is 4.17. The van der Waals surface area contributed by atoms with Gasteiger partial charge in [0, 0.05) is 6.54 Å². The fourth-order valence-electron chi connectivity index (χ4n) is 3.04. The predicted octanol–water partition coefficient (Wildman–Crippen LogP) is 2.87. The lowest BCUT2D eigenvalue weighted by Crippen LogP contribution is -2.31. The molecule has 0 aliphatic carbocycles. The summed E-state index contributed by atoms with van der Waals surface area (Å²) < 4.78 is 5.33. The van der Waals surface area contributed by atoms with Gasteiger partial charge in [-0.15, -0.1) is 0 Å². The third kappa shape index (κ3) is 2.22. The summed E-state index contributed by atoms with van der Waals surface area (Å²) in [5.41, 5.74) is 5.40. The number of aromatic nitrogens is 2. The molecular formula is C18H17N3O. The van der Waals surface area contributed by atoms with E-state index < -0.39 is 0 Å². The average molecular weight is 291 g/mol. The van der Waals surface area contributed by atoms with Crippen LogP contribution in [0.5, 0.6) is 5.75 Å². The van der Waals surface area contributed by atoms with Gasteiger partial charge in [-0.05, 0) is 41.8 Å². The molecule has 0 amide bonds. The molecular weight excluding hydrogens is 274 g/mol. The first-order valence-corrected chi connectivity index (χ1v) is 7.47. The minimum atomic E-state index is 0.0896. The van der Waals surface area contributed by atoms with E-state index in [-0.39, 0.29) is 6.04 Å². The Bertz CT molecular complexity index is 831. The molecule has 4 nitrogen and oxygen atoms in total. The number of methoxy groups -OCH3 is 1. The van der Waals surface area contributed by atoms with E-state index in [1.807, 2.05) is 36.5 Å². The molecule has 0 bridgehead atoms. The maximum Gasteiger partial charge on any atom is 0.119 e. The van der Waals surface area contributed by atoms with E-state index in [2.05, 4.69) is 22.4 Å². The molecule has 1 aliphatic heterocycles. The second-order valence-corrected chi connectivity index (χ2v) is 5.49. The van der Waals surface area contributed by atoms with E-state index in [9.17, 15) is 0 Å². The average Bonchev–Trinajstić information content (AvgIpc) is 2.60. The Morgan fingerprint density at radius 2 is 2.00 bits per heavy atom. The maximum atomic E-state index is 5.33. The van der Waals surface area contributed by atoms with Crippen molar-refractivity contribution in [2.75, 3.05) is 13.7 Å². The van der Waals surface area contributed by atoms with Crippen LogP contribution < -0.4 is 10.1 Å². The molecule has 22 heavy (non-hydrogen) atoms. The van der Waals surface area contributed by atoms with Gasteiger partial charge in [0.1, 0.15) is 5.75 Å². The van der Waals surface area contributed by atoms with Gasteiger partial charge in [-0.1, -0.05) is 18.2 Å². The topological polar surface area (TPSA) is 47.0 Å². The lowest BCUT2D eigenvalue weighted by Gasteiger charge is -2.27. The minimum Gasteiger partial charge on any atom is -0.497 e. The second kappa shape index (κ2) is 5.39. The zero-order valence-electron chi connectivity index (χ0n) is 12.4. The zero-order chi connectivity index (χ0) is 14.9. The maximum absolute atomic E-state index is 5.33. The fourth-order valence-corrected chi connectivity index (χ4v) is 3.04. The van der Waals surface area contributed by atoms with Crippen molar-refractivity contribution < 1.29 is 4.74 Å². The van der Waals surface area contributed by atoms with E-state index in [4.69, 9.17) is 9.72 Å². The van der Waals surface area contributed by atoms with Gasteiger partial charge >= 0.3 is 0 Å². The number of hydrogen-bond acceptors (Lipinski definition) is 4. The van der Waals surface area contributed by atoms with Crippen LogP contribution in [0, 0.1) is 0 Å². The van der Waals surface area contributed by atoms with Crippen LogP contribution in [0.25, 0.3) is 11.0 Å². The van der Waals surface area contributed by atoms with Crippen molar-refractivity contribution in [1.29, 1.82) is 0 Å². The van der Waals surface area contributed by atoms with E-state index in [0.29, 0.717) is 0 Å². The van der Waals surface area contributed by atoms with Crippen LogP contribution in [-0.2, 0) is 6.42 Å². The van der Waals surface area contributed by atoms with Crippen LogP contribution in [0.1, 0.15) is 22.9 Å². The van der Waals surface area contributed by atoms with E-state index in [1.165, 1.54) is 11.1 Å². The van der Waals surface area contributed by atoms with Crippen molar-refractivity contribution in [2.45, 2.75) is 12.5 Å². The number of nitrogens with one attached hydrogen (secondary N) is 1. The molecule has 0 radical (unpaired) electrons. The monoisotopic (exact) mass is 291 g/mol. The highest BCUT2D eigenvalue weighted by Gasteiger charge is 2.23. The number of rotatable bonds is 2.